The SMILES string of the molecule is O=C(O)[C](C(=O)O)C(O)S(=O)(=O)O. The maximum Gasteiger partial charge on any atom is 0.327 e. The summed E-state index contributed by atoms with van der Waals surface area (Å²) in [4.78, 5) is 20.2. The second kappa shape index (κ2) is 3.68. The van der Waals surface area contributed by atoms with Crippen LogP contribution in [0.2, 0.25) is 0 Å². The molecular weight excluding hydrogens is 208 g/mol. The van der Waals surface area contributed by atoms with Gasteiger partial charge < -0.3 is 15.3 Å². The Morgan fingerprint density at radius 2 is 1.38 bits per heavy atom. The summed E-state index contributed by atoms with van der Waals surface area (Å²) in [6.45, 7) is 0. The fourth-order valence-electron chi connectivity index (χ4n) is 0.452. The van der Waals surface area contributed by atoms with Crippen molar-refractivity contribution >= 4 is 22.1 Å². The Kier molecular flexibility index (Phi) is 3.34. The summed E-state index contributed by atoms with van der Waals surface area (Å²) in [6, 6.07) is 0. The van der Waals surface area contributed by atoms with Gasteiger partial charge in [-0.15, -0.1) is 0 Å². The van der Waals surface area contributed by atoms with E-state index in [2.05, 4.69) is 0 Å². The molecule has 0 rings (SSSR count). The molecule has 0 heterocycles. The summed E-state index contributed by atoms with van der Waals surface area (Å²) in [5.74, 6) is -6.02. The van der Waals surface area contributed by atoms with Crippen molar-refractivity contribution in [3.05, 3.63) is 5.92 Å². The van der Waals surface area contributed by atoms with Crippen molar-refractivity contribution in [2.24, 2.45) is 0 Å². The predicted octanol–water partition coefficient (Wildman–Crippen LogP) is -2.06. The summed E-state index contributed by atoms with van der Waals surface area (Å²) in [5.41, 5.74) is -2.96. The first-order valence-corrected chi connectivity index (χ1v) is 4.16. The predicted molar refractivity (Wildman–Crippen MR) is 36.1 cm³/mol. The van der Waals surface area contributed by atoms with Crippen LogP contribution in [-0.4, -0.2) is 45.7 Å². The van der Waals surface area contributed by atoms with Crippen LogP contribution < -0.4 is 0 Å². The smallest absolute Gasteiger partial charge is 0.327 e. The van der Waals surface area contributed by atoms with Gasteiger partial charge in [0.05, 0.1) is 0 Å². The minimum absolute atomic E-state index is 1.73. The highest BCUT2D eigenvalue weighted by Gasteiger charge is 2.42. The number of carboxylic acid groups (broad SMARTS) is 2. The number of hydrogen-bond donors (Lipinski definition) is 4. The molecule has 1 unspecified atom stereocenters. The van der Waals surface area contributed by atoms with Crippen LogP contribution >= 0.6 is 0 Å². The topological polar surface area (TPSA) is 149 Å². The third kappa shape index (κ3) is 2.97. The number of carbonyl (C=O) groups is 2. The van der Waals surface area contributed by atoms with E-state index in [9.17, 15) is 18.0 Å². The molecule has 0 saturated carbocycles. The molecule has 0 aromatic rings. The molecule has 1 atom stereocenters. The van der Waals surface area contributed by atoms with Gasteiger partial charge in [-0.05, 0) is 0 Å². The fourth-order valence-corrected chi connectivity index (χ4v) is 0.951. The first-order chi connectivity index (χ1) is 5.68. The Labute approximate surface area is 72.2 Å². The van der Waals surface area contributed by atoms with Crippen LogP contribution in [0.1, 0.15) is 0 Å². The first kappa shape index (κ1) is 11.8. The first-order valence-electron chi connectivity index (χ1n) is 2.65. The number of aliphatic carboxylic acids is 2. The van der Waals surface area contributed by atoms with Crippen LogP contribution in [0.5, 0.6) is 0 Å². The van der Waals surface area contributed by atoms with Gasteiger partial charge in [-0.25, -0.2) is 0 Å². The molecule has 1 radical (unpaired) electrons. The van der Waals surface area contributed by atoms with Gasteiger partial charge in [-0.3, -0.25) is 14.1 Å². The highest BCUT2D eigenvalue weighted by molar-refractivity contribution is 7.86. The van der Waals surface area contributed by atoms with E-state index in [0.29, 0.717) is 0 Å². The lowest BCUT2D eigenvalue weighted by atomic mass is 10.2. The zero-order valence-electron chi connectivity index (χ0n) is 5.91. The van der Waals surface area contributed by atoms with E-state index in [0.717, 1.165) is 0 Å². The molecule has 8 nitrogen and oxygen atoms in total. The van der Waals surface area contributed by atoms with E-state index in [1.165, 1.54) is 0 Å². The zero-order valence-corrected chi connectivity index (χ0v) is 6.72. The monoisotopic (exact) mass is 213 g/mol. The standard InChI is InChI=1S/C4H5O8S/c5-2(6)1(3(7)8)4(9)13(10,11)12/h4,9H,(H,5,6)(H,7,8)(H,10,11,12). The van der Waals surface area contributed by atoms with Crippen LogP contribution in [0.4, 0.5) is 0 Å². The number of rotatable bonds is 4. The quantitative estimate of drug-likeness (QED) is 0.307. The van der Waals surface area contributed by atoms with Crippen LogP contribution in [0.25, 0.3) is 0 Å². The summed E-state index contributed by atoms with van der Waals surface area (Å²) in [5, 5.41) is 24.8. The Bertz CT molecular complexity index is 301. The average Bonchev–Trinajstić information content (AvgIpc) is 1.82. The minimum Gasteiger partial charge on any atom is -0.480 e. The number of aliphatic hydroxyl groups is 1. The summed E-state index contributed by atoms with van der Waals surface area (Å²) < 4.78 is 28.4. The van der Waals surface area contributed by atoms with E-state index in [-0.39, 0.29) is 0 Å². The normalized spacial score (nSPS) is 14.1. The lowest BCUT2D eigenvalue weighted by Crippen LogP contribution is -2.37. The Hall–Kier alpha value is -1.19. The summed E-state index contributed by atoms with van der Waals surface area (Å²) >= 11 is 0. The molecule has 75 valence electrons. The molecule has 0 aliphatic heterocycles. The van der Waals surface area contributed by atoms with Gasteiger partial charge >= 0.3 is 11.9 Å². The van der Waals surface area contributed by atoms with Gasteiger partial charge in [-0.1, -0.05) is 0 Å². The maximum atomic E-state index is 10.1. The molecule has 13 heavy (non-hydrogen) atoms. The van der Waals surface area contributed by atoms with E-state index < -0.39 is 33.4 Å². The van der Waals surface area contributed by atoms with Crippen LogP contribution in [0, 0.1) is 5.92 Å². The van der Waals surface area contributed by atoms with Crippen LogP contribution in [0.3, 0.4) is 0 Å². The molecule has 0 bridgehead atoms. The van der Waals surface area contributed by atoms with Crippen molar-refractivity contribution in [2.45, 2.75) is 5.44 Å². The average molecular weight is 213 g/mol. The van der Waals surface area contributed by atoms with E-state index in [1.807, 2.05) is 0 Å². The van der Waals surface area contributed by atoms with Crippen molar-refractivity contribution < 1.29 is 37.9 Å². The van der Waals surface area contributed by atoms with Crippen molar-refractivity contribution in [2.75, 3.05) is 0 Å². The third-order valence-corrected chi connectivity index (χ3v) is 1.79. The van der Waals surface area contributed by atoms with Gasteiger partial charge in [0, 0.05) is 0 Å². The molecule has 0 aliphatic rings. The van der Waals surface area contributed by atoms with E-state index >= 15 is 0 Å². The lowest BCUT2D eigenvalue weighted by Gasteiger charge is -2.10. The van der Waals surface area contributed by atoms with Crippen molar-refractivity contribution in [1.82, 2.24) is 0 Å². The molecule has 0 aromatic carbocycles. The minimum atomic E-state index is -5.14. The second-order valence-corrected chi connectivity index (χ2v) is 3.37. The molecule has 0 amide bonds. The van der Waals surface area contributed by atoms with Crippen LogP contribution in [-0.2, 0) is 19.7 Å². The van der Waals surface area contributed by atoms with Crippen molar-refractivity contribution in [3.63, 3.8) is 0 Å². The van der Waals surface area contributed by atoms with E-state index in [4.69, 9.17) is 19.9 Å². The van der Waals surface area contributed by atoms with E-state index in [1.54, 1.807) is 0 Å². The van der Waals surface area contributed by atoms with Crippen molar-refractivity contribution in [3.8, 4) is 0 Å². The van der Waals surface area contributed by atoms with Crippen molar-refractivity contribution in [1.29, 1.82) is 0 Å². The summed E-state index contributed by atoms with van der Waals surface area (Å²) in [6.07, 6.45) is 0. The number of hydrogen-bond acceptors (Lipinski definition) is 5. The molecule has 0 saturated heterocycles. The highest BCUT2D eigenvalue weighted by atomic mass is 32.2. The maximum absolute atomic E-state index is 10.1. The molecule has 0 aliphatic carbocycles. The number of carboxylic acids is 2. The molecule has 0 aromatic heterocycles. The second-order valence-electron chi connectivity index (χ2n) is 1.89. The molecule has 4 N–H and O–H groups in total. The largest absolute Gasteiger partial charge is 0.480 e. The zero-order chi connectivity index (χ0) is 10.8. The molecule has 0 fully saturated rings. The number of aliphatic hydroxyl groups excluding tert-OH is 1. The Balaban J connectivity index is 5.00. The van der Waals surface area contributed by atoms with Gasteiger partial charge in [-0.2, -0.15) is 8.42 Å². The fraction of sp³-hybridized carbons (Fsp3) is 0.250. The van der Waals surface area contributed by atoms with Gasteiger partial charge in [0.2, 0.25) is 11.4 Å². The van der Waals surface area contributed by atoms with Gasteiger partial charge in [0.25, 0.3) is 10.1 Å². The summed E-state index contributed by atoms with van der Waals surface area (Å²) in [7, 11) is -5.14. The Morgan fingerprint density at radius 1 is 1.08 bits per heavy atom. The van der Waals surface area contributed by atoms with Gasteiger partial charge in [0.1, 0.15) is 0 Å². The van der Waals surface area contributed by atoms with Gasteiger partial charge in [0.15, 0.2) is 0 Å². The molecule has 0 spiro atoms. The highest BCUT2D eigenvalue weighted by Crippen LogP contribution is 2.12. The molecule has 9 heteroatoms. The lowest BCUT2D eigenvalue weighted by molar-refractivity contribution is -0.145. The Morgan fingerprint density at radius 3 is 1.46 bits per heavy atom. The van der Waals surface area contributed by atoms with Crippen LogP contribution in [0.15, 0.2) is 0 Å². The molecular formula is C4H5O8S. The third-order valence-electron chi connectivity index (χ3n) is 0.990.